The smallest absolute Gasteiger partial charge is 0.351 e. The van der Waals surface area contributed by atoms with Gasteiger partial charge in [-0.2, -0.15) is 4.68 Å². The number of nitrogens with zero attached hydrogens (tertiary/aromatic N) is 4. The van der Waals surface area contributed by atoms with Crippen LogP contribution in [0.25, 0.3) is 16.8 Å². The molecule has 0 atom stereocenters. The molecule has 0 bridgehead atoms. The van der Waals surface area contributed by atoms with Crippen molar-refractivity contribution < 1.29 is 12.9 Å². The van der Waals surface area contributed by atoms with E-state index in [1.807, 2.05) is 37.3 Å². The summed E-state index contributed by atoms with van der Waals surface area (Å²) in [5.74, 6) is 1.39. The first kappa shape index (κ1) is 29.3. The highest BCUT2D eigenvalue weighted by Gasteiger charge is 2.23. The first-order valence-corrected chi connectivity index (χ1v) is 15.5. The standard InChI is InChI=1S/C31H32ClN5O4S/c1-5-6-15-29-33-37(27-13-9-8-12-26(27)32)31(38)36(29)19-23-16-17-24(20(2)18-23)25-11-7-10-14-28(25)42(39,40)35-30-21(3)22(4)41-34-30/h7-14,16-18H,5-6,15,19H2,1-4H3,(H,34,35). The van der Waals surface area contributed by atoms with E-state index in [1.165, 1.54) is 4.68 Å². The fraction of sp³-hybridized carbons (Fsp3) is 0.258. The molecular formula is C31H32ClN5O4S. The van der Waals surface area contributed by atoms with Crippen LogP contribution in [-0.4, -0.2) is 27.9 Å². The third-order valence-corrected chi connectivity index (χ3v) is 8.98. The van der Waals surface area contributed by atoms with Crippen molar-refractivity contribution >= 4 is 27.4 Å². The number of benzene rings is 3. The lowest BCUT2D eigenvalue weighted by Crippen LogP contribution is -2.25. The fourth-order valence-electron chi connectivity index (χ4n) is 4.82. The van der Waals surface area contributed by atoms with E-state index in [-0.39, 0.29) is 16.4 Å². The molecule has 2 heterocycles. The molecule has 9 nitrogen and oxygen atoms in total. The molecule has 0 radical (unpaired) electrons. The Morgan fingerprint density at radius 3 is 2.40 bits per heavy atom. The second-order valence-electron chi connectivity index (χ2n) is 10.2. The zero-order chi connectivity index (χ0) is 30.0. The van der Waals surface area contributed by atoms with Crippen LogP contribution in [0.15, 0.2) is 80.9 Å². The molecule has 3 aromatic carbocycles. The Morgan fingerprint density at radius 1 is 0.976 bits per heavy atom. The Labute approximate surface area is 249 Å². The van der Waals surface area contributed by atoms with Gasteiger partial charge in [0.1, 0.15) is 11.6 Å². The van der Waals surface area contributed by atoms with E-state index < -0.39 is 10.0 Å². The van der Waals surface area contributed by atoms with Gasteiger partial charge in [0.15, 0.2) is 5.82 Å². The zero-order valence-electron chi connectivity index (χ0n) is 23.9. The lowest BCUT2D eigenvalue weighted by Gasteiger charge is -2.14. The molecule has 218 valence electrons. The van der Waals surface area contributed by atoms with Gasteiger partial charge < -0.3 is 4.52 Å². The molecule has 0 saturated heterocycles. The van der Waals surface area contributed by atoms with Crippen molar-refractivity contribution in [2.24, 2.45) is 0 Å². The first-order valence-electron chi connectivity index (χ1n) is 13.7. The third kappa shape index (κ3) is 5.77. The molecule has 2 aromatic heterocycles. The average Bonchev–Trinajstić information content (AvgIpc) is 3.45. The van der Waals surface area contributed by atoms with E-state index in [2.05, 4.69) is 21.9 Å². The van der Waals surface area contributed by atoms with Crippen molar-refractivity contribution in [3.05, 3.63) is 111 Å². The van der Waals surface area contributed by atoms with E-state index in [0.717, 1.165) is 29.5 Å². The molecule has 5 rings (SSSR count). The summed E-state index contributed by atoms with van der Waals surface area (Å²) in [6.07, 6.45) is 2.51. The minimum atomic E-state index is -3.96. The molecule has 5 aromatic rings. The Balaban J connectivity index is 1.49. The molecule has 0 amide bonds. The molecule has 0 spiro atoms. The number of anilines is 1. The van der Waals surface area contributed by atoms with Gasteiger partial charge in [0, 0.05) is 17.5 Å². The van der Waals surface area contributed by atoms with Crippen molar-refractivity contribution in [3.8, 4) is 16.8 Å². The van der Waals surface area contributed by atoms with Gasteiger partial charge >= 0.3 is 5.69 Å². The summed E-state index contributed by atoms with van der Waals surface area (Å²) < 4.78 is 37.6. The number of aromatic nitrogens is 4. The van der Waals surface area contributed by atoms with E-state index in [1.54, 1.807) is 54.8 Å². The zero-order valence-corrected chi connectivity index (χ0v) is 25.5. The molecule has 0 aliphatic heterocycles. The van der Waals surface area contributed by atoms with E-state index in [4.69, 9.17) is 16.1 Å². The van der Waals surface area contributed by atoms with Crippen LogP contribution in [-0.2, 0) is 23.0 Å². The highest BCUT2D eigenvalue weighted by molar-refractivity contribution is 7.92. The van der Waals surface area contributed by atoms with Gasteiger partial charge in [-0.15, -0.1) is 5.10 Å². The van der Waals surface area contributed by atoms with Crippen LogP contribution >= 0.6 is 11.6 Å². The second-order valence-corrected chi connectivity index (χ2v) is 12.3. The van der Waals surface area contributed by atoms with Crippen molar-refractivity contribution in [1.82, 2.24) is 19.5 Å². The second kappa shape index (κ2) is 12.0. The lowest BCUT2D eigenvalue weighted by atomic mass is 9.98. The van der Waals surface area contributed by atoms with Crippen molar-refractivity contribution in [2.75, 3.05) is 4.72 Å². The highest BCUT2D eigenvalue weighted by atomic mass is 35.5. The van der Waals surface area contributed by atoms with E-state index in [0.29, 0.717) is 46.4 Å². The molecule has 11 heteroatoms. The predicted octanol–water partition coefficient (Wildman–Crippen LogP) is 6.46. The van der Waals surface area contributed by atoms with Crippen molar-refractivity contribution in [3.63, 3.8) is 0 Å². The summed E-state index contributed by atoms with van der Waals surface area (Å²) in [4.78, 5) is 13.7. The first-order chi connectivity index (χ1) is 20.1. The van der Waals surface area contributed by atoms with Gasteiger partial charge in [-0.05, 0) is 62.1 Å². The van der Waals surface area contributed by atoms with Crippen LogP contribution in [0.1, 0.15) is 48.0 Å². The van der Waals surface area contributed by atoms with Gasteiger partial charge in [-0.25, -0.2) is 13.2 Å². The molecule has 42 heavy (non-hydrogen) atoms. The number of halogens is 1. The molecule has 0 fully saturated rings. The lowest BCUT2D eigenvalue weighted by molar-refractivity contribution is 0.399. The fourth-order valence-corrected chi connectivity index (χ4v) is 6.32. The molecule has 1 N–H and O–H groups in total. The minimum absolute atomic E-state index is 0.125. The molecule has 0 aliphatic rings. The monoisotopic (exact) mass is 605 g/mol. The largest absolute Gasteiger partial charge is 0.359 e. The summed E-state index contributed by atoms with van der Waals surface area (Å²) in [6.45, 7) is 7.80. The summed E-state index contributed by atoms with van der Waals surface area (Å²) in [7, 11) is -3.96. The number of nitrogens with one attached hydrogen (secondary N) is 1. The molecular weight excluding hydrogens is 574 g/mol. The number of rotatable bonds is 10. The van der Waals surface area contributed by atoms with Crippen molar-refractivity contribution in [1.29, 1.82) is 0 Å². The minimum Gasteiger partial charge on any atom is -0.359 e. The maximum Gasteiger partial charge on any atom is 0.351 e. The van der Waals surface area contributed by atoms with E-state index >= 15 is 0 Å². The number of hydrogen-bond donors (Lipinski definition) is 1. The summed E-state index contributed by atoms with van der Waals surface area (Å²) in [6, 6.07) is 19.7. The Hall–Kier alpha value is -4.15. The van der Waals surface area contributed by atoms with E-state index in [9.17, 15) is 13.2 Å². The molecule has 0 saturated carbocycles. The quantitative estimate of drug-likeness (QED) is 0.195. The normalized spacial score (nSPS) is 11.6. The van der Waals surface area contributed by atoms with Crippen molar-refractivity contribution in [2.45, 2.75) is 58.4 Å². The van der Waals surface area contributed by atoms with Crippen LogP contribution in [0.2, 0.25) is 5.02 Å². The predicted molar refractivity (Wildman–Crippen MR) is 164 cm³/mol. The SMILES string of the molecule is CCCCc1nn(-c2ccccc2Cl)c(=O)n1Cc1ccc(-c2ccccc2S(=O)(=O)Nc2noc(C)c2C)c(C)c1. The molecule has 0 unspecified atom stereocenters. The Bertz CT molecular complexity index is 1920. The van der Waals surface area contributed by atoms with Gasteiger partial charge in [0.05, 0.1) is 22.2 Å². The van der Waals surface area contributed by atoms with Crippen LogP contribution in [0.5, 0.6) is 0 Å². The summed E-state index contributed by atoms with van der Waals surface area (Å²) >= 11 is 6.39. The highest BCUT2D eigenvalue weighted by Crippen LogP contribution is 2.32. The topological polar surface area (TPSA) is 112 Å². The maximum atomic E-state index is 13.5. The Morgan fingerprint density at radius 2 is 1.71 bits per heavy atom. The van der Waals surface area contributed by atoms with Gasteiger partial charge in [0.2, 0.25) is 0 Å². The summed E-state index contributed by atoms with van der Waals surface area (Å²) in [5.41, 5.74) is 3.97. The summed E-state index contributed by atoms with van der Waals surface area (Å²) in [5, 5.41) is 8.94. The number of para-hydroxylation sites is 1. The van der Waals surface area contributed by atoms with Crippen LogP contribution < -0.4 is 10.4 Å². The molecule has 0 aliphatic carbocycles. The third-order valence-electron chi connectivity index (χ3n) is 7.26. The number of unbranched alkanes of at least 4 members (excludes halogenated alkanes) is 1. The Kier molecular flexibility index (Phi) is 8.38. The number of aryl methyl sites for hydroxylation is 3. The van der Waals surface area contributed by atoms with Crippen LogP contribution in [0.4, 0.5) is 5.82 Å². The average molecular weight is 606 g/mol. The number of sulfonamides is 1. The maximum absolute atomic E-state index is 13.5. The van der Waals surface area contributed by atoms with Gasteiger partial charge in [-0.1, -0.05) is 78.6 Å². The number of hydrogen-bond acceptors (Lipinski definition) is 6. The van der Waals surface area contributed by atoms with Gasteiger partial charge in [0.25, 0.3) is 10.0 Å². The van der Waals surface area contributed by atoms with Crippen LogP contribution in [0, 0.1) is 20.8 Å². The van der Waals surface area contributed by atoms with Gasteiger partial charge in [-0.3, -0.25) is 9.29 Å². The van der Waals surface area contributed by atoms with Crippen LogP contribution in [0.3, 0.4) is 0 Å².